The molecule has 0 aliphatic carbocycles. The molecule has 4 rings (SSSR count). The van der Waals surface area contributed by atoms with Crippen molar-refractivity contribution in [2.45, 2.75) is 37.9 Å². The Labute approximate surface area is 144 Å². The molecule has 0 radical (unpaired) electrons. The quantitative estimate of drug-likeness (QED) is 0.929. The van der Waals surface area contributed by atoms with E-state index in [1.807, 2.05) is 6.07 Å². The first kappa shape index (κ1) is 16.6. The Bertz CT molecular complexity index is 675. The molecule has 2 aliphatic heterocycles. The fourth-order valence-corrected chi connectivity index (χ4v) is 3.92. The maximum absolute atomic E-state index is 5.30. The lowest BCUT2D eigenvalue weighted by molar-refractivity contribution is 0.251. The summed E-state index contributed by atoms with van der Waals surface area (Å²) in [5, 5.41) is 6.30. The normalized spacial score (nSPS) is 24.2. The van der Waals surface area contributed by atoms with Crippen molar-refractivity contribution in [1.82, 2.24) is 10.2 Å². The lowest BCUT2D eigenvalue weighted by atomic mass is 10.0. The van der Waals surface area contributed by atoms with Crippen molar-refractivity contribution >= 4 is 23.2 Å². The number of nitrogens with zero attached hydrogens (tertiary/aromatic N) is 1. The highest BCUT2D eigenvalue weighted by Gasteiger charge is 2.28. The molecule has 2 aromatic rings. The second-order valence-electron chi connectivity index (χ2n) is 6.71. The number of methoxy groups -OCH3 is 1. The molecule has 2 heterocycles. The van der Waals surface area contributed by atoms with Crippen LogP contribution in [0.3, 0.4) is 0 Å². The Balaban J connectivity index is 0.00000156. The number of halogens is 1. The maximum atomic E-state index is 5.30. The molecule has 124 valence electrons. The van der Waals surface area contributed by atoms with E-state index in [-0.39, 0.29) is 12.4 Å². The first-order chi connectivity index (χ1) is 10.8. The third-order valence-electron chi connectivity index (χ3n) is 5.13. The summed E-state index contributed by atoms with van der Waals surface area (Å²) in [7, 11) is 1.72. The number of likely N-dealkylation sites (tertiary alicyclic amines) is 1. The van der Waals surface area contributed by atoms with Crippen LogP contribution in [0.15, 0.2) is 36.4 Å². The topological polar surface area (TPSA) is 24.5 Å². The maximum Gasteiger partial charge on any atom is 0.119 e. The lowest BCUT2D eigenvalue weighted by Crippen LogP contribution is -2.34. The molecule has 0 amide bonds. The van der Waals surface area contributed by atoms with Gasteiger partial charge >= 0.3 is 0 Å². The van der Waals surface area contributed by atoms with Crippen molar-refractivity contribution in [3.63, 3.8) is 0 Å². The fourth-order valence-electron chi connectivity index (χ4n) is 3.92. The molecule has 2 fully saturated rings. The summed E-state index contributed by atoms with van der Waals surface area (Å²) < 4.78 is 5.30. The van der Waals surface area contributed by atoms with Crippen molar-refractivity contribution in [2.24, 2.45) is 0 Å². The van der Waals surface area contributed by atoms with Crippen LogP contribution in [0.25, 0.3) is 10.8 Å². The van der Waals surface area contributed by atoms with Gasteiger partial charge in [-0.25, -0.2) is 0 Å². The van der Waals surface area contributed by atoms with Crippen LogP contribution in [0, 0.1) is 0 Å². The molecule has 2 aromatic carbocycles. The van der Waals surface area contributed by atoms with Gasteiger partial charge in [0.15, 0.2) is 0 Å². The van der Waals surface area contributed by atoms with Gasteiger partial charge < -0.3 is 10.1 Å². The lowest BCUT2D eigenvalue weighted by Gasteiger charge is -2.24. The van der Waals surface area contributed by atoms with E-state index in [0.29, 0.717) is 6.04 Å². The molecule has 0 aromatic heterocycles. The van der Waals surface area contributed by atoms with Crippen LogP contribution >= 0.6 is 12.4 Å². The zero-order valence-electron chi connectivity index (χ0n) is 13.6. The Kier molecular flexibility index (Phi) is 5.10. The van der Waals surface area contributed by atoms with Gasteiger partial charge in [-0.15, -0.1) is 12.4 Å². The number of rotatable bonds is 3. The molecule has 2 aliphatic rings. The van der Waals surface area contributed by atoms with Gasteiger partial charge in [-0.1, -0.05) is 18.2 Å². The minimum Gasteiger partial charge on any atom is -0.497 e. The predicted molar refractivity (Wildman–Crippen MR) is 97.6 cm³/mol. The smallest absolute Gasteiger partial charge is 0.119 e. The Morgan fingerprint density at radius 1 is 1.04 bits per heavy atom. The molecule has 23 heavy (non-hydrogen) atoms. The largest absolute Gasteiger partial charge is 0.497 e. The van der Waals surface area contributed by atoms with Gasteiger partial charge in [0.1, 0.15) is 5.75 Å². The molecule has 0 spiro atoms. The van der Waals surface area contributed by atoms with Gasteiger partial charge in [-0.2, -0.15) is 0 Å². The van der Waals surface area contributed by atoms with E-state index < -0.39 is 0 Å². The highest BCUT2D eigenvalue weighted by Crippen LogP contribution is 2.24. The van der Waals surface area contributed by atoms with Gasteiger partial charge in [0, 0.05) is 31.7 Å². The van der Waals surface area contributed by atoms with E-state index in [4.69, 9.17) is 4.74 Å². The van der Waals surface area contributed by atoms with Crippen LogP contribution in [-0.2, 0) is 6.54 Å². The van der Waals surface area contributed by atoms with E-state index in [1.54, 1.807) is 7.11 Å². The molecule has 0 saturated carbocycles. The number of hydrogen-bond acceptors (Lipinski definition) is 3. The first-order valence-corrected chi connectivity index (χ1v) is 8.35. The standard InChI is InChI=1S/C19H24N2O.ClH/c1-22-19-7-4-15-10-14(2-3-16(15)11-19)12-21-9-8-17-5-6-18(13-21)20-17;/h2-4,7,10-11,17-18,20H,5-6,8-9,12-13H2,1H3;1H. The SMILES string of the molecule is COc1ccc2cc(CN3CCC4CCC(C3)N4)ccc2c1.Cl. The number of benzene rings is 2. The van der Waals surface area contributed by atoms with Crippen molar-refractivity contribution in [3.05, 3.63) is 42.0 Å². The van der Waals surface area contributed by atoms with Gasteiger partial charge in [0.05, 0.1) is 7.11 Å². The zero-order chi connectivity index (χ0) is 14.9. The first-order valence-electron chi connectivity index (χ1n) is 8.35. The number of fused-ring (bicyclic) bond motifs is 3. The van der Waals surface area contributed by atoms with Crippen LogP contribution in [-0.4, -0.2) is 37.2 Å². The summed E-state index contributed by atoms with van der Waals surface area (Å²) in [5.74, 6) is 0.926. The van der Waals surface area contributed by atoms with Crippen molar-refractivity contribution in [3.8, 4) is 5.75 Å². The van der Waals surface area contributed by atoms with E-state index >= 15 is 0 Å². The van der Waals surface area contributed by atoms with Gasteiger partial charge in [-0.05, 0) is 53.8 Å². The molecule has 2 atom stereocenters. The molecule has 2 unspecified atom stereocenters. The van der Waals surface area contributed by atoms with Crippen molar-refractivity contribution < 1.29 is 4.74 Å². The summed E-state index contributed by atoms with van der Waals surface area (Å²) in [6.45, 7) is 3.47. The van der Waals surface area contributed by atoms with Crippen LogP contribution in [0.4, 0.5) is 0 Å². The van der Waals surface area contributed by atoms with Crippen LogP contribution in [0.1, 0.15) is 24.8 Å². The third-order valence-corrected chi connectivity index (χ3v) is 5.13. The second kappa shape index (κ2) is 7.08. The Hall–Kier alpha value is -1.29. The highest BCUT2D eigenvalue weighted by atomic mass is 35.5. The molecule has 3 nitrogen and oxygen atoms in total. The average molecular weight is 333 g/mol. The number of hydrogen-bond donors (Lipinski definition) is 1. The third kappa shape index (κ3) is 3.63. The number of nitrogens with one attached hydrogen (secondary N) is 1. The molecule has 2 saturated heterocycles. The fraction of sp³-hybridized carbons (Fsp3) is 0.474. The van der Waals surface area contributed by atoms with E-state index in [0.717, 1.165) is 18.3 Å². The van der Waals surface area contributed by atoms with Crippen molar-refractivity contribution in [2.75, 3.05) is 20.2 Å². The number of ether oxygens (including phenoxy) is 1. The summed E-state index contributed by atoms with van der Waals surface area (Å²) >= 11 is 0. The summed E-state index contributed by atoms with van der Waals surface area (Å²) in [6.07, 6.45) is 4.01. The molecular weight excluding hydrogens is 308 g/mol. The Morgan fingerprint density at radius 3 is 2.70 bits per heavy atom. The van der Waals surface area contributed by atoms with Gasteiger partial charge in [0.2, 0.25) is 0 Å². The highest BCUT2D eigenvalue weighted by molar-refractivity contribution is 5.85. The van der Waals surface area contributed by atoms with Gasteiger partial charge in [0.25, 0.3) is 0 Å². The van der Waals surface area contributed by atoms with E-state index in [2.05, 4.69) is 40.5 Å². The second-order valence-corrected chi connectivity index (χ2v) is 6.71. The summed E-state index contributed by atoms with van der Waals surface area (Å²) in [6, 6.07) is 14.6. The molecule has 2 bridgehead atoms. The predicted octanol–water partition coefficient (Wildman–Crippen LogP) is 3.60. The molecule has 1 N–H and O–H groups in total. The zero-order valence-corrected chi connectivity index (χ0v) is 14.4. The summed E-state index contributed by atoms with van der Waals surface area (Å²) in [5.41, 5.74) is 1.41. The van der Waals surface area contributed by atoms with E-state index in [1.165, 1.54) is 48.7 Å². The van der Waals surface area contributed by atoms with Crippen LogP contribution in [0.2, 0.25) is 0 Å². The Morgan fingerprint density at radius 2 is 1.83 bits per heavy atom. The monoisotopic (exact) mass is 332 g/mol. The van der Waals surface area contributed by atoms with Crippen LogP contribution < -0.4 is 10.1 Å². The summed E-state index contributed by atoms with van der Waals surface area (Å²) in [4.78, 5) is 2.61. The van der Waals surface area contributed by atoms with Crippen LogP contribution in [0.5, 0.6) is 5.75 Å². The van der Waals surface area contributed by atoms with E-state index in [9.17, 15) is 0 Å². The molecule has 4 heteroatoms. The average Bonchev–Trinajstić information content (AvgIpc) is 2.89. The minimum atomic E-state index is 0. The molecular formula is C19H25ClN2O. The van der Waals surface area contributed by atoms with Gasteiger partial charge in [-0.3, -0.25) is 4.90 Å². The minimum absolute atomic E-state index is 0. The van der Waals surface area contributed by atoms with Crippen molar-refractivity contribution in [1.29, 1.82) is 0 Å².